The van der Waals surface area contributed by atoms with Crippen LogP contribution in [0.5, 0.6) is 5.75 Å². The fraction of sp³-hybridized carbons (Fsp3) is 0.455. The first-order valence-corrected chi connectivity index (χ1v) is 4.97. The van der Waals surface area contributed by atoms with Crippen molar-refractivity contribution in [2.45, 2.75) is 18.9 Å². The molecule has 0 aromatic heterocycles. The van der Waals surface area contributed by atoms with Gasteiger partial charge in [-0.25, -0.2) is 4.39 Å². The molecule has 1 aromatic rings. The average molecular weight is 195 g/mol. The number of para-hydroxylation sites is 1. The maximum absolute atomic E-state index is 13.1. The lowest BCUT2D eigenvalue weighted by molar-refractivity contribution is 0.265. The van der Waals surface area contributed by atoms with Gasteiger partial charge in [-0.05, 0) is 31.5 Å². The second kappa shape index (κ2) is 4.42. The van der Waals surface area contributed by atoms with E-state index >= 15 is 0 Å². The van der Waals surface area contributed by atoms with E-state index in [4.69, 9.17) is 4.74 Å². The molecule has 1 heterocycles. The Hall–Kier alpha value is -1.09. The molecule has 1 saturated heterocycles. The minimum Gasteiger partial charge on any atom is -0.489 e. The molecule has 1 aromatic carbocycles. The molecule has 1 fully saturated rings. The second-order valence-electron chi connectivity index (χ2n) is 3.53. The average Bonchev–Trinajstić information content (AvgIpc) is 2.69. The largest absolute Gasteiger partial charge is 0.489 e. The second-order valence-corrected chi connectivity index (χ2v) is 3.53. The maximum atomic E-state index is 13.1. The fourth-order valence-corrected chi connectivity index (χ4v) is 1.65. The van der Waals surface area contributed by atoms with E-state index in [1.807, 2.05) is 0 Å². The van der Waals surface area contributed by atoms with Gasteiger partial charge in [0.25, 0.3) is 0 Å². The summed E-state index contributed by atoms with van der Waals surface area (Å²) in [7, 11) is 0. The Morgan fingerprint density at radius 1 is 1.43 bits per heavy atom. The van der Waals surface area contributed by atoms with Crippen LogP contribution in [0, 0.1) is 5.82 Å². The molecule has 1 atom stereocenters. The molecule has 0 spiro atoms. The number of rotatable bonds is 3. The molecule has 0 radical (unpaired) electrons. The van der Waals surface area contributed by atoms with Crippen LogP contribution in [0.3, 0.4) is 0 Å². The van der Waals surface area contributed by atoms with Gasteiger partial charge in [0.15, 0.2) is 11.6 Å². The van der Waals surface area contributed by atoms with Crippen molar-refractivity contribution < 1.29 is 9.13 Å². The first-order valence-electron chi connectivity index (χ1n) is 4.97. The molecule has 0 saturated carbocycles. The smallest absolute Gasteiger partial charge is 0.165 e. The van der Waals surface area contributed by atoms with Crippen molar-refractivity contribution in [3.8, 4) is 5.75 Å². The SMILES string of the molecule is Fc1ccccc1OCC1CCCN1. The maximum Gasteiger partial charge on any atom is 0.165 e. The van der Waals surface area contributed by atoms with Crippen molar-refractivity contribution in [1.29, 1.82) is 0 Å². The van der Waals surface area contributed by atoms with Gasteiger partial charge >= 0.3 is 0 Å². The summed E-state index contributed by atoms with van der Waals surface area (Å²) in [6.07, 6.45) is 2.31. The zero-order valence-electron chi connectivity index (χ0n) is 8.00. The summed E-state index contributed by atoms with van der Waals surface area (Å²) in [4.78, 5) is 0. The highest BCUT2D eigenvalue weighted by atomic mass is 19.1. The standard InChI is InChI=1S/C11H14FNO/c12-10-5-1-2-6-11(10)14-8-9-4-3-7-13-9/h1-2,5-6,9,13H,3-4,7-8H2. The molecular formula is C11H14FNO. The number of ether oxygens (including phenoxy) is 1. The van der Waals surface area contributed by atoms with Crippen molar-refractivity contribution in [3.05, 3.63) is 30.1 Å². The number of hydrogen-bond donors (Lipinski definition) is 1. The quantitative estimate of drug-likeness (QED) is 0.796. The van der Waals surface area contributed by atoms with E-state index in [0.29, 0.717) is 18.4 Å². The molecule has 76 valence electrons. The number of halogens is 1. The van der Waals surface area contributed by atoms with E-state index in [0.717, 1.165) is 13.0 Å². The van der Waals surface area contributed by atoms with Crippen molar-refractivity contribution in [3.63, 3.8) is 0 Å². The van der Waals surface area contributed by atoms with Gasteiger partial charge in [0.1, 0.15) is 6.61 Å². The summed E-state index contributed by atoms with van der Waals surface area (Å²) < 4.78 is 18.5. The Morgan fingerprint density at radius 2 is 2.29 bits per heavy atom. The summed E-state index contributed by atoms with van der Waals surface area (Å²) in [6, 6.07) is 6.90. The number of benzene rings is 1. The van der Waals surface area contributed by atoms with Crippen LogP contribution in [0.2, 0.25) is 0 Å². The highest BCUT2D eigenvalue weighted by Crippen LogP contribution is 2.16. The Kier molecular flexibility index (Phi) is 2.99. The van der Waals surface area contributed by atoms with Crippen LogP contribution in [0.15, 0.2) is 24.3 Å². The lowest BCUT2D eigenvalue weighted by Crippen LogP contribution is -2.28. The lowest BCUT2D eigenvalue weighted by atomic mass is 10.2. The van der Waals surface area contributed by atoms with Crippen molar-refractivity contribution in [2.24, 2.45) is 0 Å². The molecule has 2 rings (SSSR count). The molecule has 1 N–H and O–H groups in total. The molecular weight excluding hydrogens is 181 g/mol. The lowest BCUT2D eigenvalue weighted by Gasteiger charge is -2.12. The third-order valence-corrected chi connectivity index (χ3v) is 2.44. The van der Waals surface area contributed by atoms with Gasteiger partial charge in [-0.15, -0.1) is 0 Å². The molecule has 1 aliphatic rings. The zero-order valence-corrected chi connectivity index (χ0v) is 8.00. The molecule has 1 unspecified atom stereocenters. The third-order valence-electron chi connectivity index (χ3n) is 2.44. The highest BCUT2D eigenvalue weighted by molar-refractivity contribution is 5.23. The summed E-state index contributed by atoms with van der Waals surface area (Å²) in [5, 5.41) is 3.30. The molecule has 2 nitrogen and oxygen atoms in total. The van der Waals surface area contributed by atoms with Crippen LogP contribution in [-0.4, -0.2) is 19.2 Å². The Labute approximate surface area is 83.1 Å². The summed E-state index contributed by atoms with van der Waals surface area (Å²) >= 11 is 0. The van der Waals surface area contributed by atoms with Crippen LogP contribution in [0.25, 0.3) is 0 Å². The van der Waals surface area contributed by atoms with Crippen LogP contribution < -0.4 is 10.1 Å². The van der Waals surface area contributed by atoms with Gasteiger partial charge in [-0.2, -0.15) is 0 Å². The van der Waals surface area contributed by atoms with Gasteiger partial charge in [0, 0.05) is 6.04 Å². The van der Waals surface area contributed by atoms with E-state index in [1.54, 1.807) is 18.2 Å². The van der Waals surface area contributed by atoms with Crippen molar-refractivity contribution in [1.82, 2.24) is 5.32 Å². The van der Waals surface area contributed by atoms with Crippen LogP contribution in [0.1, 0.15) is 12.8 Å². The first kappa shape index (κ1) is 9.46. The van der Waals surface area contributed by atoms with Gasteiger partial charge in [-0.3, -0.25) is 0 Å². The topological polar surface area (TPSA) is 21.3 Å². The molecule has 1 aliphatic heterocycles. The van der Waals surface area contributed by atoms with Gasteiger partial charge in [-0.1, -0.05) is 12.1 Å². The number of nitrogens with one attached hydrogen (secondary N) is 1. The van der Waals surface area contributed by atoms with Gasteiger partial charge in [0.2, 0.25) is 0 Å². The van der Waals surface area contributed by atoms with Gasteiger partial charge in [0.05, 0.1) is 0 Å². The third kappa shape index (κ3) is 2.23. The fourth-order valence-electron chi connectivity index (χ4n) is 1.65. The molecule has 14 heavy (non-hydrogen) atoms. The van der Waals surface area contributed by atoms with E-state index in [-0.39, 0.29) is 5.82 Å². The minimum atomic E-state index is -0.287. The Balaban J connectivity index is 1.88. The molecule has 3 heteroatoms. The first-order chi connectivity index (χ1) is 6.86. The van der Waals surface area contributed by atoms with Crippen molar-refractivity contribution >= 4 is 0 Å². The predicted octanol–water partition coefficient (Wildman–Crippen LogP) is 1.96. The normalized spacial score (nSPS) is 21.1. The van der Waals surface area contributed by atoms with E-state index in [9.17, 15) is 4.39 Å². The molecule has 0 aliphatic carbocycles. The van der Waals surface area contributed by atoms with Crippen LogP contribution >= 0.6 is 0 Å². The van der Waals surface area contributed by atoms with Crippen LogP contribution in [0.4, 0.5) is 4.39 Å². The Morgan fingerprint density at radius 3 is 3.00 bits per heavy atom. The molecule has 0 bridgehead atoms. The van der Waals surface area contributed by atoms with E-state index < -0.39 is 0 Å². The summed E-state index contributed by atoms with van der Waals surface area (Å²) in [6.45, 7) is 1.60. The zero-order chi connectivity index (χ0) is 9.80. The van der Waals surface area contributed by atoms with Gasteiger partial charge < -0.3 is 10.1 Å². The summed E-state index contributed by atoms with van der Waals surface area (Å²) in [5.41, 5.74) is 0. The molecule has 0 amide bonds. The Bertz CT molecular complexity index is 297. The van der Waals surface area contributed by atoms with E-state index in [1.165, 1.54) is 12.5 Å². The van der Waals surface area contributed by atoms with Crippen LogP contribution in [-0.2, 0) is 0 Å². The minimum absolute atomic E-state index is 0.287. The van der Waals surface area contributed by atoms with Crippen molar-refractivity contribution in [2.75, 3.05) is 13.2 Å². The van der Waals surface area contributed by atoms with E-state index in [2.05, 4.69) is 5.32 Å². The highest BCUT2D eigenvalue weighted by Gasteiger charge is 2.14. The predicted molar refractivity (Wildman–Crippen MR) is 52.9 cm³/mol. The monoisotopic (exact) mass is 195 g/mol. The summed E-state index contributed by atoms with van der Waals surface area (Å²) in [5.74, 6) is 0.0618. The number of hydrogen-bond acceptors (Lipinski definition) is 2.